The second-order valence-corrected chi connectivity index (χ2v) is 5.07. The molecule has 1 aromatic carbocycles. The molecule has 1 N–H and O–H groups in total. The highest BCUT2D eigenvalue weighted by molar-refractivity contribution is 5.97. The van der Waals surface area contributed by atoms with Gasteiger partial charge in [-0.3, -0.25) is 14.9 Å². The molecule has 1 fully saturated rings. The number of nitro groups is 1. The topological polar surface area (TPSA) is 83.7 Å². The van der Waals surface area contributed by atoms with Crippen molar-refractivity contribution < 1.29 is 28.0 Å². The van der Waals surface area contributed by atoms with Crippen molar-refractivity contribution in [2.75, 3.05) is 13.1 Å². The van der Waals surface area contributed by atoms with Crippen molar-refractivity contribution in [1.29, 1.82) is 0 Å². The van der Waals surface area contributed by atoms with Gasteiger partial charge in [-0.05, 0) is 18.9 Å². The van der Waals surface area contributed by atoms with Gasteiger partial charge in [-0.2, -0.15) is 13.2 Å². The summed E-state index contributed by atoms with van der Waals surface area (Å²) in [4.78, 5) is 23.2. The minimum atomic E-state index is -4.27. The summed E-state index contributed by atoms with van der Waals surface area (Å²) < 4.78 is 37.7. The molecule has 0 bridgehead atoms. The molecule has 1 heterocycles. The maximum absolute atomic E-state index is 12.6. The zero-order chi connectivity index (χ0) is 16.5. The van der Waals surface area contributed by atoms with Crippen LogP contribution in [0.3, 0.4) is 0 Å². The van der Waals surface area contributed by atoms with Crippen LogP contribution in [0.1, 0.15) is 23.2 Å². The third-order valence-electron chi connectivity index (χ3n) is 3.67. The van der Waals surface area contributed by atoms with E-state index in [1.165, 1.54) is 4.90 Å². The van der Waals surface area contributed by atoms with Crippen molar-refractivity contribution in [1.82, 2.24) is 4.90 Å². The number of nitrogens with zero attached hydrogens (tertiary/aromatic N) is 2. The van der Waals surface area contributed by atoms with E-state index < -0.39 is 28.7 Å². The van der Waals surface area contributed by atoms with E-state index in [-0.39, 0.29) is 37.2 Å². The van der Waals surface area contributed by atoms with Crippen molar-refractivity contribution in [3.63, 3.8) is 0 Å². The molecule has 2 rings (SSSR count). The number of benzene rings is 1. The maximum atomic E-state index is 12.6. The van der Waals surface area contributed by atoms with Gasteiger partial charge in [-0.25, -0.2) is 0 Å². The molecule has 0 radical (unpaired) electrons. The molecule has 0 aliphatic carbocycles. The predicted molar refractivity (Wildman–Crippen MR) is 69.4 cm³/mol. The lowest BCUT2D eigenvalue weighted by atomic mass is 9.96. The van der Waals surface area contributed by atoms with E-state index in [2.05, 4.69) is 0 Å². The highest BCUT2D eigenvalue weighted by Crippen LogP contribution is 2.35. The maximum Gasteiger partial charge on any atom is 0.391 e. The minimum Gasteiger partial charge on any atom is -0.507 e. The van der Waals surface area contributed by atoms with E-state index >= 15 is 0 Å². The fourth-order valence-electron chi connectivity index (χ4n) is 2.39. The average molecular weight is 318 g/mol. The first kappa shape index (κ1) is 16.1. The SMILES string of the molecule is O=C(c1ccc([N+](=O)[O-])cc1O)N1CCC(C(F)(F)F)CC1. The Balaban J connectivity index is 2.09. The molecule has 6 nitrogen and oxygen atoms in total. The number of nitro benzene ring substituents is 1. The number of aromatic hydroxyl groups is 1. The van der Waals surface area contributed by atoms with Crippen LogP contribution < -0.4 is 0 Å². The normalized spacial score (nSPS) is 16.6. The Labute approximate surface area is 123 Å². The summed E-state index contributed by atoms with van der Waals surface area (Å²) in [6, 6.07) is 3.01. The van der Waals surface area contributed by atoms with Crippen LogP contribution in [0.5, 0.6) is 5.75 Å². The number of halogens is 3. The zero-order valence-electron chi connectivity index (χ0n) is 11.3. The Morgan fingerprint density at radius 1 is 1.32 bits per heavy atom. The van der Waals surface area contributed by atoms with Crippen LogP contribution in [0.4, 0.5) is 18.9 Å². The quantitative estimate of drug-likeness (QED) is 0.671. The summed E-state index contributed by atoms with van der Waals surface area (Å²) in [5, 5.41) is 20.2. The molecule has 1 amide bonds. The Hall–Kier alpha value is -2.32. The van der Waals surface area contributed by atoms with Gasteiger partial charge in [0.05, 0.1) is 22.5 Å². The van der Waals surface area contributed by atoms with Crippen LogP contribution in [0.15, 0.2) is 18.2 Å². The first-order chi connectivity index (χ1) is 10.2. The molecule has 0 saturated carbocycles. The van der Waals surface area contributed by atoms with E-state index in [1.54, 1.807) is 0 Å². The van der Waals surface area contributed by atoms with Crippen molar-refractivity contribution in [2.45, 2.75) is 19.0 Å². The molecule has 120 valence electrons. The van der Waals surface area contributed by atoms with Gasteiger partial charge in [0.15, 0.2) is 0 Å². The number of phenols is 1. The van der Waals surface area contributed by atoms with Crippen LogP contribution in [-0.2, 0) is 0 Å². The fraction of sp³-hybridized carbons (Fsp3) is 0.462. The number of alkyl halides is 3. The van der Waals surface area contributed by atoms with Crippen molar-refractivity contribution in [2.24, 2.45) is 5.92 Å². The largest absolute Gasteiger partial charge is 0.507 e. The van der Waals surface area contributed by atoms with Crippen molar-refractivity contribution in [3.8, 4) is 5.75 Å². The fourth-order valence-corrected chi connectivity index (χ4v) is 2.39. The molecule has 0 aromatic heterocycles. The third kappa shape index (κ3) is 3.29. The number of phenolic OH excluding ortho intramolecular Hbond substituents is 1. The Morgan fingerprint density at radius 2 is 1.91 bits per heavy atom. The molecule has 22 heavy (non-hydrogen) atoms. The molecule has 9 heteroatoms. The van der Waals surface area contributed by atoms with Crippen LogP contribution in [-0.4, -0.2) is 40.1 Å². The van der Waals surface area contributed by atoms with Gasteiger partial charge in [-0.1, -0.05) is 0 Å². The van der Waals surface area contributed by atoms with Gasteiger partial charge in [0.1, 0.15) is 5.75 Å². The molecule has 1 saturated heterocycles. The Morgan fingerprint density at radius 3 is 2.36 bits per heavy atom. The van der Waals surface area contributed by atoms with Crippen LogP contribution in [0, 0.1) is 16.0 Å². The first-order valence-corrected chi connectivity index (χ1v) is 6.53. The number of non-ortho nitro benzene ring substituents is 1. The highest BCUT2D eigenvalue weighted by Gasteiger charge is 2.41. The number of likely N-dealkylation sites (tertiary alicyclic amines) is 1. The summed E-state index contributed by atoms with van der Waals surface area (Å²) in [5.74, 6) is -2.62. The van der Waals surface area contributed by atoms with Gasteiger partial charge >= 0.3 is 6.18 Å². The van der Waals surface area contributed by atoms with Crippen molar-refractivity contribution >= 4 is 11.6 Å². The average Bonchev–Trinajstić information content (AvgIpc) is 2.45. The van der Waals surface area contributed by atoms with Gasteiger partial charge in [0.2, 0.25) is 0 Å². The molecule has 1 aromatic rings. The highest BCUT2D eigenvalue weighted by atomic mass is 19.4. The number of rotatable bonds is 2. The van der Waals surface area contributed by atoms with E-state index in [4.69, 9.17) is 0 Å². The second-order valence-electron chi connectivity index (χ2n) is 5.07. The van der Waals surface area contributed by atoms with Gasteiger partial charge in [-0.15, -0.1) is 0 Å². The van der Waals surface area contributed by atoms with Crippen molar-refractivity contribution in [3.05, 3.63) is 33.9 Å². The Kier molecular flexibility index (Phi) is 4.25. The smallest absolute Gasteiger partial charge is 0.391 e. The zero-order valence-corrected chi connectivity index (χ0v) is 11.3. The molecule has 0 atom stereocenters. The summed E-state index contributed by atoms with van der Waals surface area (Å²) in [5.41, 5.74) is -0.527. The second kappa shape index (κ2) is 5.82. The monoisotopic (exact) mass is 318 g/mol. The molecule has 1 aliphatic rings. The number of hydrogen-bond donors (Lipinski definition) is 1. The van der Waals surface area contributed by atoms with E-state index in [0.717, 1.165) is 18.2 Å². The van der Waals surface area contributed by atoms with Crippen LogP contribution in [0.25, 0.3) is 0 Å². The summed E-state index contributed by atoms with van der Waals surface area (Å²) in [6.45, 7) is -0.140. The van der Waals surface area contributed by atoms with Gasteiger partial charge in [0, 0.05) is 19.2 Å². The van der Waals surface area contributed by atoms with Gasteiger partial charge in [0.25, 0.3) is 11.6 Å². The van der Waals surface area contributed by atoms with Crippen LogP contribution in [0.2, 0.25) is 0 Å². The summed E-state index contributed by atoms with van der Waals surface area (Å²) in [7, 11) is 0. The first-order valence-electron chi connectivity index (χ1n) is 6.53. The van der Waals surface area contributed by atoms with E-state index in [1.807, 2.05) is 0 Å². The summed E-state index contributed by atoms with van der Waals surface area (Å²) in [6.07, 6.45) is -4.66. The van der Waals surface area contributed by atoms with Gasteiger partial charge < -0.3 is 10.0 Å². The molecule has 0 spiro atoms. The molecular weight excluding hydrogens is 305 g/mol. The van der Waals surface area contributed by atoms with E-state index in [0.29, 0.717) is 0 Å². The lowest BCUT2D eigenvalue weighted by Crippen LogP contribution is -2.42. The molecule has 0 unspecified atom stereocenters. The number of carbonyl (C=O) groups excluding carboxylic acids is 1. The summed E-state index contributed by atoms with van der Waals surface area (Å²) >= 11 is 0. The number of carbonyl (C=O) groups is 1. The third-order valence-corrected chi connectivity index (χ3v) is 3.67. The minimum absolute atomic E-state index is 0.0700. The van der Waals surface area contributed by atoms with Crippen LogP contribution >= 0.6 is 0 Å². The number of amides is 1. The number of piperidine rings is 1. The lowest BCUT2D eigenvalue weighted by molar-refractivity contribution is -0.384. The molecule has 1 aliphatic heterocycles. The standard InChI is InChI=1S/C13H13F3N2O4/c14-13(15,16)8-3-5-17(6-4-8)12(20)10-2-1-9(18(21)22)7-11(10)19/h1-2,7-8,19H,3-6H2. The Bertz CT molecular complexity index is 595. The van der Waals surface area contributed by atoms with E-state index in [9.17, 15) is 33.2 Å². The predicted octanol–water partition coefficient (Wildman–Crippen LogP) is 2.71. The number of hydrogen-bond acceptors (Lipinski definition) is 4. The lowest BCUT2D eigenvalue weighted by Gasteiger charge is -2.33. The molecular formula is C13H13F3N2O4.